The van der Waals surface area contributed by atoms with Crippen LogP contribution in [0, 0.1) is 19.7 Å². The number of esters is 1. The quantitative estimate of drug-likeness (QED) is 0.834. The molecule has 0 aliphatic carbocycles. The van der Waals surface area contributed by atoms with Gasteiger partial charge in [-0.3, -0.25) is 4.79 Å². The molecule has 2 aromatic rings. The van der Waals surface area contributed by atoms with Crippen LogP contribution in [-0.4, -0.2) is 27.9 Å². The Bertz CT molecular complexity index is 783. The summed E-state index contributed by atoms with van der Waals surface area (Å²) in [6.07, 6.45) is 0. The second-order valence-electron chi connectivity index (χ2n) is 4.57. The predicted molar refractivity (Wildman–Crippen MR) is 73.7 cm³/mol. The summed E-state index contributed by atoms with van der Waals surface area (Å²) in [6, 6.07) is 0. The van der Waals surface area contributed by atoms with E-state index in [0.29, 0.717) is 5.56 Å². The van der Waals surface area contributed by atoms with Gasteiger partial charge >= 0.3 is 5.97 Å². The standard InChI is InChI=1S/C14H15FN2O4/c1-4-21-14(20)9-6(2)10-11(12(15)7(9)3)8(5-18)16-17-13(10)19/h18H,4-5H2,1-3H3,(H,17,19). The predicted octanol–water partition coefficient (Wildman–Crippen LogP) is 1.35. The average molecular weight is 294 g/mol. The van der Waals surface area contributed by atoms with E-state index in [0.717, 1.165) is 0 Å². The van der Waals surface area contributed by atoms with Crippen LogP contribution >= 0.6 is 0 Å². The first-order chi connectivity index (χ1) is 9.93. The summed E-state index contributed by atoms with van der Waals surface area (Å²) in [7, 11) is 0. The van der Waals surface area contributed by atoms with E-state index in [4.69, 9.17) is 4.74 Å². The van der Waals surface area contributed by atoms with E-state index in [-0.39, 0.29) is 34.2 Å². The number of carbonyl (C=O) groups excluding carboxylic acids is 1. The lowest BCUT2D eigenvalue weighted by Crippen LogP contribution is -2.18. The fourth-order valence-electron chi connectivity index (χ4n) is 2.41. The Balaban J connectivity index is 2.97. The number of rotatable bonds is 3. The van der Waals surface area contributed by atoms with Crippen molar-refractivity contribution < 1.29 is 19.0 Å². The molecule has 112 valence electrons. The molecule has 0 aliphatic rings. The minimum atomic E-state index is -0.749. The van der Waals surface area contributed by atoms with Crippen LogP contribution in [-0.2, 0) is 11.3 Å². The summed E-state index contributed by atoms with van der Waals surface area (Å²) in [5.41, 5.74) is -0.198. The summed E-state index contributed by atoms with van der Waals surface area (Å²) in [4.78, 5) is 23.9. The molecule has 0 fully saturated rings. The number of carbonyl (C=O) groups is 1. The minimum absolute atomic E-state index is 0.000188. The van der Waals surface area contributed by atoms with E-state index in [1.165, 1.54) is 13.8 Å². The number of nitrogens with zero attached hydrogens (tertiary/aromatic N) is 1. The van der Waals surface area contributed by atoms with Gasteiger partial charge in [0.05, 0.1) is 29.9 Å². The second kappa shape index (κ2) is 5.61. The van der Waals surface area contributed by atoms with Crippen molar-refractivity contribution in [3.05, 3.63) is 38.6 Å². The Kier molecular flexibility index (Phi) is 4.04. The van der Waals surface area contributed by atoms with Gasteiger partial charge in [-0.15, -0.1) is 0 Å². The van der Waals surface area contributed by atoms with Crippen molar-refractivity contribution in [2.24, 2.45) is 0 Å². The van der Waals surface area contributed by atoms with Crippen LogP contribution in [0.5, 0.6) is 0 Å². The molecule has 0 bridgehead atoms. The number of halogens is 1. The molecule has 0 amide bonds. The number of ether oxygens (including phenoxy) is 1. The summed E-state index contributed by atoms with van der Waals surface area (Å²) < 4.78 is 19.5. The lowest BCUT2D eigenvalue weighted by molar-refractivity contribution is 0.0524. The van der Waals surface area contributed by atoms with E-state index in [2.05, 4.69) is 10.2 Å². The van der Waals surface area contributed by atoms with Crippen molar-refractivity contribution in [1.82, 2.24) is 10.2 Å². The number of nitrogens with one attached hydrogen (secondary N) is 1. The van der Waals surface area contributed by atoms with Crippen molar-refractivity contribution in [3.63, 3.8) is 0 Å². The smallest absolute Gasteiger partial charge is 0.338 e. The summed E-state index contributed by atoms with van der Waals surface area (Å²) in [6.45, 7) is 4.22. The third-order valence-corrected chi connectivity index (χ3v) is 3.36. The third-order valence-electron chi connectivity index (χ3n) is 3.36. The van der Waals surface area contributed by atoms with Crippen molar-refractivity contribution in [1.29, 1.82) is 0 Å². The molecular formula is C14H15FN2O4. The number of aliphatic hydroxyl groups is 1. The van der Waals surface area contributed by atoms with Gasteiger partial charge < -0.3 is 9.84 Å². The normalized spacial score (nSPS) is 10.9. The number of H-pyrrole nitrogens is 1. The maximum atomic E-state index is 14.6. The molecule has 1 heterocycles. The number of aliphatic hydroxyl groups excluding tert-OH is 1. The lowest BCUT2D eigenvalue weighted by Gasteiger charge is -2.14. The highest BCUT2D eigenvalue weighted by molar-refractivity contribution is 6.00. The zero-order chi connectivity index (χ0) is 15.7. The number of hydrogen-bond acceptors (Lipinski definition) is 5. The minimum Gasteiger partial charge on any atom is -0.462 e. The van der Waals surface area contributed by atoms with Crippen molar-refractivity contribution in [3.8, 4) is 0 Å². The van der Waals surface area contributed by atoms with Gasteiger partial charge in [0.15, 0.2) is 0 Å². The van der Waals surface area contributed by atoms with Crippen LogP contribution in [0.3, 0.4) is 0 Å². The first kappa shape index (κ1) is 15.1. The largest absolute Gasteiger partial charge is 0.462 e. The first-order valence-electron chi connectivity index (χ1n) is 6.41. The highest BCUT2D eigenvalue weighted by Crippen LogP contribution is 2.28. The van der Waals surface area contributed by atoms with E-state index < -0.39 is 24.0 Å². The molecule has 0 radical (unpaired) electrons. The van der Waals surface area contributed by atoms with Gasteiger partial charge in [-0.05, 0) is 26.3 Å². The molecule has 0 spiro atoms. The Morgan fingerprint density at radius 1 is 1.33 bits per heavy atom. The fourth-order valence-corrected chi connectivity index (χ4v) is 2.41. The fraction of sp³-hybridized carbons (Fsp3) is 0.357. The number of benzene rings is 1. The maximum Gasteiger partial charge on any atom is 0.338 e. The Morgan fingerprint density at radius 3 is 2.57 bits per heavy atom. The third kappa shape index (κ3) is 2.29. The maximum absolute atomic E-state index is 14.6. The summed E-state index contributed by atoms with van der Waals surface area (Å²) in [5.74, 6) is -1.43. The molecule has 0 saturated heterocycles. The van der Waals surface area contributed by atoms with Crippen LogP contribution in [0.15, 0.2) is 4.79 Å². The van der Waals surface area contributed by atoms with Gasteiger partial charge in [0.25, 0.3) is 5.56 Å². The van der Waals surface area contributed by atoms with Gasteiger partial charge in [0.2, 0.25) is 0 Å². The second-order valence-corrected chi connectivity index (χ2v) is 4.57. The van der Waals surface area contributed by atoms with Crippen LogP contribution in [0.1, 0.15) is 34.1 Å². The molecule has 0 saturated carbocycles. The molecule has 6 nitrogen and oxygen atoms in total. The van der Waals surface area contributed by atoms with Gasteiger partial charge in [-0.25, -0.2) is 14.3 Å². The van der Waals surface area contributed by atoms with Crippen LogP contribution in [0.2, 0.25) is 0 Å². The number of hydrogen-bond donors (Lipinski definition) is 2. The Morgan fingerprint density at radius 2 is 2.00 bits per heavy atom. The van der Waals surface area contributed by atoms with Crippen LogP contribution in [0.25, 0.3) is 10.8 Å². The van der Waals surface area contributed by atoms with Crippen molar-refractivity contribution >= 4 is 16.7 Å². The molecule has 21 heavy (non-hydrogen) atoms. The molecule has 0 atom stereocenters. The molecule has 0 unspecified atom stereocenters. The monoisotopic (exact) mass is 294 g/mol. The van der Waals surface area contributed by atoms with Crippen molar-refractivity contribution in [2.45, 2.75) is 27.4 Å². The average Bonchev–Trinajstić information content (AvgIpc) is 2.45. The summed E-state index contributed by atoms with van der Waals surface area (Å²) >= 11 is 0. The number of aryl methyl sites for hydroxylation is 1. The first-order valence-corrected chi connectivity index (χ1v) is 6.41. The highest BCUT2D eigenvalue weighted by Gasteiger charge is 2.24. The lowest BCUT2D eigenvalue weighted by atomic mass is 9.95. The van der Waals surface area contributed by atoms with Gasteiger partial charge in [0.1, 0.15) is 5.82 Å². The molecule has 2 N–H and O–H groups in total. The SMILES string of the molecule is CCOC(=O)c1c(C)c(F)c2c(CO)n[nH]c(=O)c2c1C. The molecular weight excluding hydrogens is 279 g/mol. The topological polar surface area (TPSA) is 92.3 Å². The number of fused-ring (bicyclic) bond motifs is 1. The molecule has 1 aromatic heterocycles. The molecule has 7 heteroatoms. The zero-order valence-electron chi connectivity index (χ0n) is 11.9. The highest BCUT2D eigenvalue weighted by atomic mass is 19.1. The van der Waals surface area contributed by atoms with E-state index in [1.54, 1.807) is 6.92 Å². The van der Waals surface area contributed by atoms with Gasteiger partial charge in [-0.1, -0.05) is 0 Å². The van der Waals surface area contributed by atoms with Crippen LogP contribution < -0.4 is 5.56 Å². The van der Waals surface area contributed by atoms with Crippen LogP contribution in [0.4, 0.5) is 4.39 Å². The number of aromatic nitrogens is 2. The molecule has 0 aliphatic heterocycles. The Labute approximate surface area is 119 Å². The zero-order valence-corrected chi connectivity index (χ0v) is 11.9. The summed E-state index contributed by atoms with van der Waals surface area (Å²) in [5, 5.41) is 15.0. The van der Waals surface area contributed by atoms with E-state index in [9.17, 15) is 19.1 Å². The van der Waals surface area contributed by atoms with Gasteiger partial charge in [0, 0.05) is 10.9 Å². The Hall–Kier alpha value is -2.28. The number of aromatic amines is 1. The molecule has 1 aromatic carbocycles. The van der Waals surface area contributed by atoms with E-state index in [1.807, 2.05) is 0 Å². The van der Waals surface area contributed by atoms with E-state index >= 15 is 0 Å². The molecule has 2 rings (SSSR count). The van der Waals surface area contributed by atoms with Crippen molar-refractivity contribution in [2.75, 3.05) is 6.61 Å². The van der Waals surface area contributed by atoms with Gasteiger partial charge in [-0.2, -0.15) is 5.10 Å².